The van der Waals surface area contributed by atoms with E-state index in [2.05, 4.69) is 4.98 Å². The molecule has 0 bridgehead atoms. The van der Waals surface area contributed by atoms with Gasteiger partial charge in [0.15, 0.2) is 5.13 Å². The molecule has 1 atom stereocenters. The lowest BCUT2D eigenvalue weighted by Crippen LogP contribution is -2.54. The lowest BCUT2D eigenvalue weighted by Gasteiger charge is -2.36. The van der Waals surface area contributed by atoms with Crippen molar-refractivity contribution < 1.29 is 14.7 Å². The normalized spacial score (nSPS) is 19.8. The standard InChI is InChI=1S/C12H17N3O3S/c1-12(2,3)15(11(17)18)8-4-6-14(9(8)16)10-13-5-7-19-10/h5,7-8H,4,6H2,1-3H3,(H,17,18)/t8-/m0/s1. The molecule has 0 aliphatic carbocycles. The summed E-state index contributed by atoms with van der Waals surface area (Å²) >= 11 is 1.38. The Hall–Kier alpha value is -1.63. The van der Waals surface area contributed by atoms with Gasteiger partial charge in [0.2, 0.25) is 0 Å². The van der Waals surface area contributed by atoms with Gasteiger partial charge in [0, 0.05) is 23.7 Å². The minimum absolute atomic E-state index is 0.188. The van der Waals surface area contributed by atoms with E-state index in [1.54, 1.807) is 37.2 Å². The van der Waals surface area contributed by atoms with Gasteiger partial charge in [0.1, 0.15) is 6.04 Å². The maximum atomic E-state index is 12.4. The van der Waals surface area contributed by atoms with Crippen molar-refractivity contribution in [2.75, 3.05) is 11.4 Å². The number of rotatable bonds is 2. The number of anilines is 1. The molecule has 0 unspecified atom stereocenters. The highest BCUT2D eigenvalue weighted by molar-refractivity contribution is 7.13. The van der Waals surface area contributed by atoms with Gasteiger partial charge in [-0.25, -0.2) is 9.78 Å². The summed E-state index contributed by atoms with van der Waals surface area (Å²) in [6, 6.07) is -0.624. The first kappa shape index (κ1) is 13.8. The highest BCUT2D eigenvalue weighted by Gasteiger charge is 2.43. The second-order valence-corrected chi connectivity index (χ2v) is 6.31. The van der Waals surface area contributed by atoms with Crippen LogP contribution in [0.3, 0.4) is 0 Å². The average Bonchev–Trinajstić information content (AvgIpc) is 2.87. The van der Waals surface area contributed by atoms with Gasteiger partial charge in [-0.3, -0.25) is 14.6 Å². The zero-order valence-corrected chi connectivity index (χ0v) is 12.0. The molecule has 7 heteroatoms. The SMILES string of the molecule is CC(C)(C)N(C(=O)O)[C@H]1CCN(c2nccs2)C1=O. The molecule has 1 fully saturated rings. The van der Waals surface area contributed by atoms with Crippen LogP contribution in [0.5, 0.6) is 0 Å². The quantitative estimate of drug-likeness (QED) is 0.901. The van der Waals surface area contributed by atoms with Crippen molar-refractivity contribution in [2.24, 2.45) is 0 Å². The first-order valence-corrected chi connectivity index (χ1v) is 6.93. The van der Waals surface area contributed by atoms with Crippen molar-refractivity contribution in [1.82, 2.24) is 9.88 Å². The number of nitrogens with zero attached hydrogens (tertiary/aromatic N) is 3. The number of carbonyl (C=O) groups excluding carboxylic acids is 1. The fraction of sp³-hybridized carbons (Fsp3) is 0.583. The third-order valence-corrected chi connectivity index (χ3v) is 3.86. The van der Waals surface area contributed by atoms with Crippen LogP contribution in [0.25, 0.3) is 0 Å². The third kappa shape index (κ3) is 2.56. The van der Waals surface area contributed by atoms with Crippen LogP contribution >= 0.6 is 11.3 Å². The van der Waals surface area contributed by atoms with Crippen LogP contribution in [-0.2, 0) is 4.79 Å². The maximum Gasteiger partial charge on any atom is 0.408 e. The van der Waals surface area contributed by atoms with Crippen molar-refractivity contribution >= 4 is 28.5 Å². The number of carbonyl (C=O) groups is 2. The van der Waals surface area contributed by atoms with Gasteiger partial charge >= 0.3 is 6.09 Å². The number of hydrogen-bond donors (Lipinski definition) is 1. The van der Waals surface area contributed by atoms with Crippen LogP contribution in [0.15, 0.2) is 11.6 Å². The van der Waals surface area contributed by atoms with E-state index in [4.69, 9.17) is 0 Å². The number of hydrogen-bond acceptors (Lipinski definition) is 4. The molecule has 1 aliphatic heterocycles. The third-order valence-electron chi connectivity index (χ3n) is 3.07. The molecule has 0 radical (unpaired) electrons. The molecule has 104 valence electrons. The van der Waals surface area contributed by atoms with E-state index in [9.17, 15) is 14.7 Å². The average molecular weight is 283 g/mol. The van der Waals surface area contributed by atoms with Gasteiger partial charge in [0.05, 0.1) is 0 Å². The largest absolute Gasteiger partial charge is 0.465 e. The van der Waals surface area contributed by atoms with E-state index in [1.165, 1.54) is 16.2 Å². The van der Waals surface area contributed by atoms with E-state index in [0.717, 1.165) is 0 Å². The highest BCUT2D eigenvalue weighted by Crippen LogP contribution is 2.29. The summed E-state index contributed by atoms with van der Waals surface area (Å²) in [6.07, 6.45) is 1.08. The fourth-order valence-corrected chi connectivity index (χ4v) is 3.01. The summed E-state index contributed by atoms with van der Waals surface area (Å²) in [4.78, 5) is 30.7. The van der Waals surface area contributed by atoms with Crippen molar-refractivity contribution in [3.05, 3.63) is 11.6 Å². The summed E-state index contributed by atoms with van der Waals surface area (Å²) in [5.74, 6) is -0.188. The molecule has 6 nitrogen and oxygen atoms in total. The van der Waals surface area contributed by atoms with Crippen molar-refractivity contribution in [3.63, 3.8) is 0 Å². The van der Waals surface area contributed by atoms with E-state index in [-0.39, 0.29) is 5.91 Å². The topological polar surface area (TPSA) is 73.7 Å². The Morgan fingerprint density at radius 2 is 2.26 bits per heavy atom. The Kier molecular flexibility index (Phi) is 3.49. The van der Waals surface area contributed by atoms with Crippen LogP contribution < -0.4 is 4.90 Å². The molecule has 1 saturated heterocycles. The van der Waals surface area contributed by atoms with Crippen LogP contribution in [-0.4, -0.2) is 45.1 Å². The summed E-state index contributed by atoms with van der Waals surface area (Å²) in [6.45, 7) is 5.89. The number of amides is 2. The Morgan fingerprint density at radius 3 is 2.74 bits per heavy atom. The molecule has 1 aromatic rings. The predicted octanol–water partition coefficient (Wildman–Crippen LogP) is 2.03. The second kappa shape index (κ2) is 4.80. The van der Waals surface area contributed by atoms with Crippen LogP contribution in [0.2, 0.25) is 0 Å². The molecule has 2 rings (SSSR count). The molecule has 19 heavy (non-hydrogen) atoms. The lowest BCUT2D eigenvalue weighted by atomic mass is 10.0. The molecule has 1 aromatic heterocycles. The zero-order chi connectivity index (χ0) is 14.2. The molecule has 0 saturated carbocycles. The number of aromatic nitrogens is 1. The molecule has 0 spiro atoms. The minimum atomic E-state index is -1.06. The Balaban J connectivity index is 2.23. The lowest BCUT2D eigenvalue weighted by molar-refractivity contribution is -0.122. The Bertz CT molecular complexity index is 481. The Morgan fingerprint density at radius 1 is 1.58 bits per heavy atom. The van der Waals surface area contributed by atoms with E-state index in [1.807, 2.05) is 0 Å². The highest BCUT2D eigenvalue weighted by atomic mass is 32.1. The van der Waals surface area contributed by atoms with Gasteiger partial charge in [0.25, 0.3) is 5.91 Å². The van der Waals surface area contributed by atoms with Crippen molar-refractivity contribution in [3.8, 4) is 0 Å². The fourth-order valence-electron chi connectivity index (χ4n) is 2.33. The molecular weight excluding hydrogens is 266 g/mol. The summed E-state index contributed by atoms with van der Waals surface area (Å²) in [7, 11) is 0. The van der Waals surface area contributed by atoms with Crippen LogP contribution in [0.1, 0.15) is 27.2 Å². The van der Waals surface area contributed by atoms with Crippen molar-refractivity contribution in [1.29, 1.82) is 0 Å². The van der Waals surface area contributed by atoms with E-state index in [0.29, 0.717) is 18.1 Å². The van der Waals surface area contributed by atoms with Crippen molar-refractivity contribution in [2.45, 2.75) is 38.8 Å². The summed E-state index contributed by atoms with van der Waals surface area (Å²) < 4.78 is 0. The smallest absolute Gasteiger partial charge is 0.408 e. The van der Waals surface area contributed by atoms with E-state index >= 15 is 0 Å². The first-order valence-electron chi connectivity index (χ1n) is 6.05. The number of thiazole rings is 1. The maximum absolute atomic E-state index is 12.4. The molecule has 1 aliphatic rings. The molecule has 2 amide bonds. The summed E-state index contributed by atoms with van der Waals surface area (Å²) in [5.41, 5.74) is -0.606. The molecule has 1 N–H and O–H groups in total. The van der Waals surface area contributed by atoms with Gasteiger partial charge in [-0.2, -0.15) is 0 Å². The molecular formula is C12H17N3O3S. The summed E-state index contributed by atoms with van der Waals surface area (Å²) in [5, 5.41) is 11.8. The van der Waals surface area contributed by atoms with Crippen LogP contribution in [0.4, 0.5) is 9.93 Å². The molecule has 0 aromatic carbocycles. The Labute approximate surface area is 115 Å². The van der Waals surface area contributed by atoms with Crippen LogP contribution in [0, 0.1) is 0 Å². The van der Waals surface area contributed by atoms with Gasteiger partial charge in [-0.15, -0.1) is 11.3 Å². The van der Waals surface area contributed by atoms with Gasteiger partial charge < -0.3 is 5.11 Å². The second-order valence-electron chi connectivity index (χ2n) is 5.43. The number of carboxylic acid groups (broad SMARTS) is 1. The first-order chi connectivity index (χ1) is 8.82. The van der Waals surface area contributed by atoms with Gasteiger partial charge in [-0.05, 0) is 27.2 Å². The minimum Gasteiger partial charge on any atom is -0.465 e. The molecule has 2 heterocycles. The monoisotopic (exact) mass is 283 g/mol. The van der Waals surface area contributed by atoms with E-state index < -0.39 is 17.7 Å². The van der Waals surface area contributed by atoms with Gasteiger partial charge in [-0.1, -0.05) is 0 Å². The predicted molar refractivity (Wildman–Crippen MR) is 72.5 cm³/mol. The zero-order valence-electron chi connectivity index (χ0n) is 11.2.